The van der Waals surface area contributed by atoms with Crippen molar-refractivity contribution >= 4 is 0 Å². The maximum absolute atomic E-state index is 4.49. The van der Waals surface area contributed by atoms with Crippen LogP contribution in [0.15, 0.2) is 91.1 Å². The first-order valence-corrected chi connectivity index (χ1v) is 10.8. The lowest BCUT2D eigenvalue weighted by Gasteiger charge is -2.20. The van der Waals surface area contributed by atoms with E-state index in [4.69, 9.17) is 0 Å². The first-order valence-electron chi connectivity index (χ1n) is 10.8. The van der Waals surface area contributed by atoms with Crippen LogP contribution in [-0.2, 0) is 0 Å². The van der Waals surface area contributed by atoms with E-state index >= 15 is 0 Å². The molecule has 1 aromatic heterocycles. The lowest BCUT2D eigenvalue weighted by atomic mass is 9.84. The summed E-state index contributed by atoms with van der Waals surface area (Å²) in [5, 5.41) is 0. The number of hydrogen-bond donors (Lipinski definition) is 0. The van der Waals surface area contributed by atoms with Crippen molar-refractivity contribution in [1.29, 1.82) is 0 Å². The van der Waals surface area contributed by atoms with Gasteiger partial charge in [-0.2, -0.15) is 0 Å². The van der Waals surface area contributed by atoms with Gasteiger partial charge in [0, 0.05) is 11.8 Å². The van der Waals surface area contributed by atoms with Gasteiger partial charge in [-0.3, -0.25) is 4.98 Å². The molecule has 1 nitrogen and oxygen atoms in total. The fourth-order valence-electron chi connectivity index (χ4n) is 4.11. The summed E-state index contributed by atoms with van der Waals surface area (Å²) in [4.78, 5) is 4.49. The second-order valence-electron chi connectivity index (χ2n) is 8.49. The van der Waals surface area contributed by atoms with Crippen molar-refractivity contribution in [3.63, 3.8) is 0 Å². The van der Waals surface area contributed by atoms with Gasteiger partial charge in [0.2, 0.25) is 0 Å². The highest BCUT2D eigenvalue weighted by molar-refractivity contribution is 5.77. The molecular weight excluding hydrogens is 362 g/mol. The third kappa shape index (κ3) is 4.07. The van der Waals surface area contributed by atoms with Gasteiger partial charge in [0.15, 0.2) is 0 Å². The van der Waals surface area contributed by atoms with E-state index in [1.165, 1.54) is 33.4 Å². The fraction of sp³-hybridized carbons (Fsp3) is 0.207. The molecular formula is C29H29N. The third-order valence-electron chi connectivity index (χ3n) is 5.70. The number of nitrogens with zero attached hydrogens (tertiary/aromatic N) is 1. The normalized spacial score (nSPS) is 11.3. The van der Waals surface area contributed by atoms with Crippen LogP contribution in [0.5, 0.6) is 0 Å². The second-order valence-corrected chi connectivity index (χ2v) is 8.49. The van der Waals surface area contributed by atoms with Crippen LogP contribution in [0, 0.1) is 0 Å². The quantitative estimate of drug-likeness (QED) is 0.333. The van der Waals surface area contributed by atoms with Crippen LogP contribution in [-0.4, -0.2) is 4.98 Å². The van der Waals surface area contributed by atoms with E-state index in [0.717, 1.165) is 11.3 Å². The standard InChI is InChI=1S/C29H29N/c1-20(2)26-11-8-12-27(21(3)4)29(26)23-16-14-22(15-17-23)24-9-7-10-25(19-24)28-13-5-6-18-30-28/h5-21H,1-4H3. The Labute approximate surface area is 180 Å². The highest BCUT2D eigenvalue weighted by Gasteiger charge is 2.15. The average molecular weight is 392 g/mol. The van der Waals surface area contributed by atoms with Gasteiger partial charge < -0.3 is 0 Å². The maximum Gasteiger partial charge on any atom is 0.0702 e. The molecule has 3 aromatic carbocycles. The van der Waals surface area contributed by atoms with Crippen molar-refractivity contribution < 1.29 is 0 Å². The van der Waals surface area contributed by atoms with Crippen molar-refractivity contribution in [2.75, 3.05) is 0 Å². The Morgan fingerprint density at radius 3 is 1.73 bits per heavy atom. The first-order chi connectivity index (χ1) is 14.5. The van der Waals surface area contributed by atoms with Crippen LogP contribution >= 0.6 is 0 Å². The van der Waals surface area contributed by atoms with Crippen molar-refractivity contribution in [3.05, 3.63) is 102 Å². The zero-order chi connectivity index (χ0) is 21.1. The molecule has 0 saturated carbocycles. The Hall–Kier alpha value is -3.19. The molecule has 0 aliphatic carbocycles. The monoisotopic (exact) mass is 391 g/mol. The molecule has 30 heavy (non-hydrogen) atoms. The summed E-state index contributed by atoms with van der Waals surface area (Å²) in [6, 6.07) is 30.4. The van der Waals surface area contributed by atoms with Crippen LogP contribution in [0.25, 0.3) is 33.5 Å². The molecule has 4 aromatic rings. The molecule has 0 aliphatic rings. The van der Waals surface area contributed by atoms with Gasteiger partial charge >= 0.3 is 0 Å². The van der Waals surface area contributed by atoms with Gasteiger partial charge in [0.1, 0.15) is 0 Å². The SMILES string of the molecule is CC(C)c1cccc(C(C)C)c1-c1ccc(-c2cccc(-c3ccccn3)c2)cc1. The number of pyridine rings is 1. The maximum atomic E-state index is 4.49. The van der Waals surface area contributed by atoms with Crippen LogP contribution in [0.1, 0.15) is 50.7 Å². The Morgan fingerprint density at radius 2 is 1.13 bits per heavy atom. The number of rotatable bonds is 5. The van der Waals surface area contributed by atoms with Crippen molar-refractivity contribution in [3.8, 4) is 33.5 Å². The molecule has 0 N–H and O–H groups in total. The summed E-state index contributed by atoms with van der Waals surface area (Å²) in [6.45, 7) is 9.11. The van der Waals surface area contributed by atoms with Gasteiger partial charge in [-0.1, -0.05) is 94.4 Å². The van der Waals surface area contributed by atoms with E-state index in [9.17, 15) is 0 Å². The first kappa shape index (κ1) is 20.1. The van der Waals surface area contributed by atoms with E-state index in [1.54, 1.807) is 0 Å². The summed E-state index contributed by atoms with van der Waals surface area (Å²) < 4.78 is 0. The van der Waals surface area contributed by atoms with Gasteiger partial charge in [-0.15, -0.1) is 0 Å². The van der Waals surface area contributed by atoms with E-state index in [2.05, 4.69) is 105 Å². The highest BCUT2D eigenvalue weighted by Crippen LogP contribution is 2.37. The van der Waals surface area contributed by atoms with E-state index in [1.807, 2.05) is 18.3 Å². The number of aromatic nitrogens is 1. The van der Waals surface area contributed by atoms with Crippen molar-refractivity contribution in [2.45, 2.75) is 39.5 Å². The summed E-state index contributed by atoms with van der Waals surface area (Å²) >= 11 is 0. The Bertz CT molecular complexity index is 1100. The molecule has 1 heteroatoms. The van der Waals surface area contributed by atoms with E-state index in [0.29, 0.717) is 11.8 Å². The molecule has 0 bridgehead atoms. The molecule has 0 atom stereocenters. The van der Waals surface area contributed by atoms with Crippen molar-refractivity contribution in [1.82, 2.24) is 4.98 Å². The van der Waals surface area contributed by atoms with E-state index in [-0.39, 0.29) is 0 Å². The van der Waals surface area contributed by atoms with Gasteiger partial charge in [0.05, 0.1) is 5.69 Å². The molecule has 0 fully saturated rings. The lowest BCUT2D eigenvalue weighted by Crippen LogP contribution is -1.99. The smallest absolute Gasteiger partial charge is 0.0702 e. The summed E-state index contributed by atoms with van der Waals surface area (Å²) in [6.07, 6.45) is 1.84. The third-order valence-corrected chi connectivity index (χ3v) is 5.70. The van der Waals surface area contributed by atoms with Crippen LogP contribution < -0.4 is 0 Å². The van der Waals surface area contributed by atoms with Crippen LogP contribution in [0.2, 0.25) is 0 Å². The Morgan fingerprint density at radius 1 is 0.533 bits per heavy atom. The molecule has 0 radical (unpaired) electrons. The minimum absolute atomic E-state index is 0.494. The molecule has 0 saturated heterocycles. The minimum Gasteiger partial charge on any atom is -0.256 e. The predicted octanol–water partition coefficient (Wildman–Crippen LogP) is 8.33. The second kappa shape index (κ2) is 8.67. The van der Waals surface area contributed by atoms with Crippen molar-refractivity contribution in [2.24, 2.45) is 0 Å². The summed E-state index contributed by atoms with van der Waals surface area (Å²) in [7, 11) is 0. The molecule has 0 aliphatic heterocycles. The molecule has 1 heterocycles. The molecule has 0 unspecified atom stereocenters. The van der Waals surface area contributed by atoms with Crippen LogP contribution in [0.4, 0.5) is 0 Å². The topological polar surface area (TPSA) is 12.9 Å². The summed E-state index contributed by atoms with van der Waals surface area (Å²) in [5.74, 6) is 0.988. The van der Waals surface area contributed by atoms with Crippen LogP contribution in [0.3, 0.4) is 0 Å². The Kier molecular flexibility index (Phi) is 5.81. The van der Waals surface area contributed by atoms with Gasteiger partial charge in [-0.25, -0.2) is 0 Å². The van der Waals surface area contributed by atoms with E-state index < -0.39 is 0 Å². The lowest BCUT2D eigenvalue weighted by molar-refractivity contribution is 0.838. The minimum atomic E-state index is 0.494. The number of hydrogen-bond acceptors (Lipinski definition) is 1. The highest BCUT2D eigenvalue weighted by atomic mass is 14.7. The average Bonchev–Trinajstić information content (AvgIpc) is 2.79. The van der Waals surface area contributed by atoms with Gasteiger partial charge in [0.25, 0.3) is 0 Å². The van der Waals surface area contributed by atoms with Gasteiger partial charge in [-0.05, 0) is 63.4 Å². The molecule has 150 valence electrons. The fourth-order valence-corrected chi connectivity index (χ4v) is 4.11. The summed E-state index contributed by atoms with van der Waals surface area (Å²) in [5.41, 5.74) is 10.1. The molecule has 0 spiro atoms. The zero-order valence-corrected chi connectivity index (χ0v) is 18.3. The molecule has 4 rings (SSSR count). The number of benzene rings is 3. The zero-order valence-electron chi connectivity index (χ0n) is 18.3. The largest absolute Gasteiger partial charge is 0.256 e. The Balaban J connectivity index is 1.73. The molecule has 0 amide bonds. The predicted molar refractivity (Wildman–Crippen MR) is 129 cm³/mol.